The lowest BCUT2D eigenvalue weighted by Gasteiger charge is -2.02. The molecule has 0 saturated heterocycles. The Morgan fingerprint density at radius 2 is 2.07 bits per heavy atom. The molecule has 2 aromatic rings. The van der Waals surface area contributed by atoms with E-state index in [1.807, 2.05) is 6.92 Å². The molecule has 0 fully saturated rings. The Bertz CT molecular complexity index is 503. The monoisotopic (exact) mass is 205 g/mol. The molecule has 0 aliphatic heterocycles. The van der Waals surface area contributed by atoms with Crippen molar-refractivity contribution >= 4 is 5.82 Å². The van der Waals surface area contributed by atoms with Crippen LogP contribution in [0, 0.1) is 19.7 Å². The molecule has 0 aliphatic rings. The van der Waals surface area contributed by atoms with Gasteiger partial charge in [-0.15, -0.1) is 0 Å². The molecule has 3 nitrogen and oxygen atoms in total. The highest BCUT2D eigenvalue weighted by Crippen LogP contribution is 2.25. The van der Waals surface area contributed by atoms with E-state index in [9.17, 15) is 4.39 Å². The van der Waals surface area contributed by atoms with Crippen LogP contribution < -0.4 is 5.73 Å². The predicted octanol–water partition coefficient (Wildman–Crippen LogP) is 2.41. The summed E-state index contributed by atoms with van der Waals surface area (Å²) in [4.78, 5) is 0. The van der Waals surface area contributed by atoms with E-state index in [1.54, 1.807) is 19.1 Å². The minimum absolute atomic E-state index is 0.205. The summed E-state index contributed by atoms with van der Waals surface area (Å²) in [6.45, 7) is 3.61. The van der Waals surface area contributed by atoms with Crippen molar-refractivity contribution < 1.29 is 4.39 Å². The fraction of sp³-hybridized carbons (Fsp3) is 0.182. The number of benzene rings is 1. The molecular weight excluding hydrogens is 193 g/mol. The number of anilines is 1. The second-order valence-corrected chi connectivity index (χ2v) is 3.57. The van der Waals surface area contributed by atoms with E-state index in [-0.39, 0.29) is 5.82 Å². The zero-order valence-electron chi connectivity index (χ0n) is 8.63. The number of hydrogen-bond donors (Lipinski definition) is 2. The fourth-order valence-corrected chi connectivity index (χ4v) is 1.49. The molecule has 0 aliphatic carbocycles. The number of halogens is 1. The number of hydrogen-bond acceptors (Lipinski definition) is 2. The van der Waals surface area contributed by atoms with Gasteiger partial charge < -0.3 is 5.73 Å². The lowest BCUT2D eigenvalue weighted by molar-refractivity contribution is 0.618. The molecule has 3 N–H and O–H groups in total. The highest BCUT2D eigenvalue weighted by atomic mass is 19.1. The van der Waals surface area contributed by atoms with Crippen molar-refractivity contribution in [2.75, 3.05) is 5.73 Å². The highest BCUT2D eigenvalue weighted by Gasteiger charge is 2.09. The van der Waals surface area contributed by atoms with Crippen LogP contribution in [0.15, 0.2) is 18.2 Å². The summed E-state index contributed by atoms with van der Waals surface area (Å²) < 4.78 is 13.1. The number of H-pyrrole nitrogens is 1. The number of rotatable bonds is 1. The number of nitrogens with zero attached hydrogens (tertiary/aromatic N) is 1. The summed E-state index contributed by atoms with van der Waals surface area (Å²) in [5, 5.41) is 6.74. The van der Waals surface area contributed by atoms with Crippen LogP contribution in [0.5, 0.6) is 0 Å². The topological polar surface area (TPSA) is 54.7 Å². The molecule has 1 aromatic carbocycles. The first-order valence-electron chi connectivity index (χ1n) is 4.66. The molecule has 0 spiro atoms. The van der Waals surface area contributed by atoms with E-state index in [0.717, 1.165) is 16.8 Å². The van der Waals surface area contributed by atoms with Crippen LogP contribution >= 0.6 is 0 Å². The fourth-order valence-electron chi connectivity index (χ4n) is 1.49. The largest absolute Gasteiger partial charge is 0.382 e. The number of aromatic nitrogens is 2. The smallest absolute Gasteiger partial charge is 0.148 e. The van der Waals surface area contributed by atoms with Crippen LogP contribution in [-0.2, 0) is 0 Å². The van der Waals surface area contributed by atoms with E-state index in [4.69, 9.17) is 5.73 Å². The van der Waals surface area contributed by atoms with E-state index in [2.05, 4.69) is 10.2 Å². The Morgan fingerprint density at radius 3 is 2.60 bits per heavy atom. The summed E-state index contributed by atoms with van der Waals surface area (Å²) in [6.07, 6.45) is 0. The Balaban J connectivity index is 2.55. The molecule has 0 bridgehead atoms. The summed E-state index contributed by atoms with van der Waals surface area (Å²) in [7, 11) is 0. The van der Waals surface area contributed by atoms with Gasteiger partial charge >= 0.3 is 0 Å². The Labute approximate surface area is 87.1 Å². The molecule has 15 heavy (non-hydrogen) atoms. The van der Waals surface area contributed by atoms with Crippen LogP contribution in [0.3, 0.4) is 0 Å². The Hall–Kier alpha value is -1.84. The van der Waals surface area contributed by atoms with Gasteiger partial charge in [-0.25, -0.2) is 4.39 Å². The number of nitrogen functional groups attached to an aromatic ring is 1. The molecule has 0 unspecified atom stereocenters. The molecule has 0 saturated carbocycles. The third-order valence-electron chi connectivity index (χ3n) is 2.49. The van der Waals surface area contributed by atoms with Gasteiger partial charge in [0.2, 0.25) is 0 Å². The maximum atomic E-state index is 13.1. The zero-order chi connectivity index (χ0) is 11.0. The minimum Gasteiger partial charge on any atom is -0.382 e. The molecule has 1 aromatic heterocycles. The SMILES string of the molecule is Cc1cc(-c2[nH]nc(N)c2C)ccc1F. The summed E-state index contributed by atoms with van der Waals surface area (Å²) in [6, 6.07) is 4.93. The van der Waals surface area contributed by atoms with Gasteiger partial charge in [-0.3, -0.25) is 5.10 Å². The zero-order valence-corrected chi connectivity index (χ0v) is 8.63. The van der Waals surface area contributed by atoms with Gasteiger partial charge in [-0.05, 0) is 37.6 Å². The maximum Gasteiger partial charge on any atom is 0.148 e. The van der Waals surface area contributed by atoms with Crippen molar-refractivity contribution in [2.24, 2.45) is 0 Å². The van der Waals surface area contributed by atoms with Crippen LogP contribution in [0.2, 0.25) is 0 Å². The van der Waals surface area contributed by atoms with Gasteiger partial charge in [0, 0.05) is 11.1 Å². The van der Waals surface area contributed by atoms with Crippen LogP contribution in [0.1, 0.15) is 11.1 Å². The van der Waals surface area contributed by atoms with Gasteiger partial charge in [0.1, 0.15) is 11.6 Å². The van der Waals surface area contributed by atoms with Gasteiger partial charge in [0.05, 0.1) is 5.69 Å². The molecule has 0 amide bonds. The molecule has 0 atom stereocenters. The Morgan fingerprint density at radius 1 is 1.33 bits per heavy atom. The molecule has 78 valence electrons. The average Bonchev–Trinajstić information content (AvgIpc) is 2.53. The number of aryl methyl sites for hydroxylation is 1. The van der Waals surface area contributed by atoms with Crippen molar-refractivity contribution in [1.82, 2.24) is 10.2 Å². The highest BCUT2D eigenvalue weighted by molar-refractivity contribution is 5.67. The van der Waals surface area contributed by atoms with Crippen molar-refractivity contribution in [1.29, 1.82) is 0 Å². The normalized spacial score (nSPS) is 10.6. The van der Waals surface area contributed by atoms with Crippen molar-refractivity contribution in [2.45, 2.75) is 13.8 Å². The number of nitrogens with two attached hydrogens (primary N) is 1. The molecular formula is C11H12FN3. The second-order valence-electron chi connectivity index (χ2n) is 3.57. The second kappa shape index (κ2) is 3.38. The van der Waals surface area contributed by atoms with Gasteiger partial charge in [-0.2, -0.15) is 5.10 Å². The maximum absolute atomic E-state index is 13.1. The standard InChI is InChI=1S/C11H12FN3/c1-6-5-8(3-4-9(6)12)10-7(2)11(13)15-14-10/h3-5H,1-2H3,(H3,13,14,15). The molecule has 0 radical (unpaired) electrons. The van der Waals surface area contributed by atoms with Crippen molar-refractivity contribution in [3.8, 4) is 11.3 Å². The van der Waals surface area contributed by atoms with Gasteiger partial charge in [0.25, 0.3) is 0 Å². The first-order valence-corrected chi connectivity index (χ1v) is 4.66. The Kier molecular flexibility index (Phi) is 2.19. The van der Waals surface area contributed by atoms with Crippen LogP contribution in [0.4, 0.5) is 10.2 Å². The third-order valence-corrected chi connectivity index (χ3v) is 2.49. The van der Waals surface area contributed by atoms with E-state index in [1.165, 1.54) is 6.07 Å². The molecule has 1 heterocycles. The van der Waals surface area contributed by atoms with Crippen molar-refractivity contribution in [3.63, 3.8) is 0 Å². The summed E-state index contributed by atoms with van der Waals surface area (Å²) in [5.41, 5.74) is 8.87. The van der Waals surface area contributed by atoms with Crippen LogP contribution in [-0.4, -0.2) is 10.2 Å². The lowest BCUT2D eigenvalue weighted by Crippen LogP contribution is -1.88. The quantitative estimate of drug-likeness (QED) is 0.751. The van der Waals surface area contributed by atoms with E-state index < -0.39 is 0 Å². The third kappa shape index (κ3) is 1.58. The lowest BCUT2D eigenvalue weighted by atomic mass is 10.1. The number of aromatic amines is 1. The summed E-state index contributed by atoms with van der Waals surface area (Å²) >= 11 is 0. The van der Waals surface area contributed by atoms with Gasteiger partial charge in [-0.1, -0.05) is 0 Å². The predicted molar refractivity (Wildman–Crippen MR) is 57.9 cm³/mol. The molecule has 4 heteroatoms. The summed E-state index contributed by atoms with van der Waals surface area (Å²) in [5.74, 6) is 0.274. The van der Waals surface area contributed by atoms with E-state index >= 15 is 0 Å². The van der Waals surface area contributed by atoms with Crippen LogP contribution in [0.25, 0.3) is 11.3 Å². The molecule has 2 rings (SSSR count). The van der Waals surface area contributed by atoms with Gasteiger partial charge in [0.15, 0.2) is 0 Å². The minimum atomic E-state index is -0.205. The first-order chi connectivity index (χ1) is 7.09. The van der Waals surface area contributed by atoms with E-state index in [0.29, 0.717) is 11.4 Å². The average molecular weight is 205 g/mol. The van der Waals surface area contributed by atoms with Crippen molar-refractivity contribution in [3.05, 3.63) is 35.1 Å². The number of nitrogens with one attached hydrogen (secondary N) is 1. The first kappa shape index (κ1) is 9.71.